The number of rotatable bonds is 7. The van der Waals surface area contributed by atoms with Crippen LogP contribution in [0.5, 0.6) is 0 Å². The summed E-state index contributed by atoms with van der Waals surface area (Å²) in [6.07, 6.45) is -0.448. The number of anilines is 1. The lowest BCUT2D eigenvalue weighted by Crippen LogP contribution is -2.25. The molecule has 1 aromatic rings. The number of nitrogens with one attached hydrogen (secondary N) is 1. The molecule has 6 heteroatoms. The zero-order valence-electron chi connectivity index (χ0n) is 11.8. The van der Waals surface area contributed by atoms with Crippen LogP contribution in [0.4, 0.5) is 5.95 Å². The minimum Gasteiger partial charge on any atom is -0.481 e. The molecule has 106 valence electrons. The SMILES string of the molecule is COC(CNc1nc(C)cc(C(C)C)n1)CC(=O)O. The van der Waals surface area contributed by atoms with Gasteiger partial charge in [0, 0.05) is 25.0 Å². The minimum atomic E-state index is -0.887. The molecule has 0 amide bonds. The van der Waals surface area contributed by atoms with Gasteiger partial charge in [-0.25, -0.2) is 9.97 Å². The fraction of sp³-hybridized carbons (Fsp3) is 0.615. The summed E-state index contributed by atoms with van der Waals surface area (Å²) in [5, 5.41) is 11.8. The molecule has 0 saturated carbocycles. The van der Waals surface area contributed by atoms with E-state index in [1.807, 2.05) is 13.0 Å². The van der Waals surface area contributed by atoms with Crippen molar-refractivity contribution in [3.8, 4) is 0 Å². The van der Waals surface area contributed by atoms with Crippen LogP contribution in [0.25, 0.3) is 0 Å². The van der Waals surface area contributed by atoms with Crippen molar-refractivity contribution in [3.05, 3.63) is 17.5 Å². The van der Waals surface area contributed by atoms with E-state index in [4.69, 9.17) is 9.84 Å². The van der Waals surface area contributed by atoms with Gasteiger partial charge in [0.1, 0.15) is 0 Å². The smallest absolute Gasteiger partial charge is 0.306 e. The average molecular weight is 267 g/mol. The molecule has 1 rings (SSSR count). The van der Waals surface area contributed by atoms with E-state index in [9.17, 15) is 4.79 Å². The average Bonchev–Trinajstić information content (AvgIpc) is 2.33. The summed E-state index contributed by atoms with van der Waals surface area (Å²) >= 11 is 0. The summed E-state index contributed by atoms with van der Waals surface area (Å²) in [5.74, 6) is -0.0580. The van der Waals surface area contributed by atoms with Crippen molar-refractivity contribution >= 4 is 11.9 Å². The lowest BCUT2D eigenvalue weighted by atomic mass is 10.1. The molecule has 1 aromatic heterocycles. The van der Waals surface area contributed by atoms with E-state index in [1.165, 1.54) is 7.11 Å². The Morgan fingerprint density at radius 2 is 2.16 bits per heavy atom. The van der Waals surface area contributed by atoms with E-state index in [2.05, 4.69) is 29.1 Å². The maximum Gasteiger partial charge on any atom is 0.306 e. The van der Waals surface area contributed by atoms with Gasteiger partial charge in [0.25, 0.3) is 0 Å². The first-order valence-corrected chi connectivity index (χ1v) is 6.26. The largest absolute Gasteiger partial charge is 0.481 e. The highest BCUT2D eigenvalue weighted by Gasteiger charge is 2.13. The zero-order valence-corrected chi connectivity index (χ0v) is 11.8. The molecule has 0 aliphatic carbocycles. The van der Waals surface area contributed by atoms with Crippen molar-refractivity contribution in [2.24, 2.45) is 0 Å². The van der Waals surface area contributed by atoms with Gasteiger partial charge in [-0.3, -0.25) is 4.79 Å². The van der Waals surface area contributed by atoms with E-state index < -0.39 is 12.1 Å². The third-order valence-electron chi connectivity index (χ3n) is 2.69. The molecule has 0 spiro atoms. The van der Waals surface area contributed by atoms with Gasteiger partial charge in [0.05, 0.1) is 12.5 Å². The van der Waals surface area contributed by atoms with Gasteiger partial charge >= 0.3 is 5.97 Å². The van der Waals surface area contributed by atoms with Gasteiger partial charge in [0.15, 0.2) is 0 Å². The quantitative estimate of drug-likeness (QED) is 0.783. The van der Waals surface area contributed by atoms with Crippen LogP contribution in [0.2, 0.25) is 0 Å². The topological polar surface area (TPSA) is 84.3 Å². The summed E-state index contributed by atoms with van der Waals surface area (Å²) in [7, 11) is 1.49. The first kappa shape index (κ1) is 15.4. The van der Waals surface area contributed by atoms with Crippen molar-refractivity contribution in [1.29, 1.82) is 0 Å². The number of nitrogens with zero attached hydrogens (tertiary/aromatic N) is 2. The van der Waals surface area contributed by atoms with E-state index in [1.54, 1.807) is 0 Å². The molecular weight excluding hydrogens is 246 g/mol. The number of aryl methyl sites for hydroxylation is 1. The molecule has 6 nitrogen and oxygen atoms in total. The van der Waals surface area contributed by atoms with Crippen LogP contribution in [0.3, 0.4) is 0 Å². The number of carboxylic acid groups (broad SMARTS) is 1. The van der Waals surface area contributed by atoms with Crippen LogP contribution in [0, 0.1) is 6.92 Å². The Bertz CT molecular complexity index is 435. The van der Waals surface area contributed by atoms with Gasteiger partial charge in [-0.05, 0) is 18.9 Å². The Balaban J connectivity index is 2.68. The number of hydrogen-bond donors (Lipinski definition) is 2. The van der Waals surface area contributed by atoms with E-state index in [0.717, 1.165) is 11.4 Å². The highest BCUT2D eigenvalue weighted by Crippen LogP contribution is 2.14. The molecule has 1 unspecified atom stereocenters. The monoisotopic (exact) mass is 267 g/mol. The minimum absolute atomic E-state index is 0.0493. The predicted molar refractivity (Wildman–Crippen MR) is 72.4 cm³/mol. The number of ether oxygens (including phenoxy) is 1. The van der Waals surface area contributed by atoms with Gasteiger partial charge in [-0.2, -0.15) is 0 Å². The highest BCUT2D eigenvalue weighted by molar-refractivity contribution is 5.67. The first-order valence-electron chi connectivity index (χ1n) is 6.26. The Kier molecular flexibility index (Phi) is 5.69. The van der Waals surface area contributed by atoms with Crippen LogP contribution >= 0.6 is 0 Å². The Labute approximate surface area is 113 Å². The van der Waals surface area contributed by atoms with Crippen molar-refractivity contribution in [1.82, 2.24) is 9.97 Å². The van der Waals surface area contributed by atoms with Crippen molar-refractivity contribution in [2.75, 3.05) is 19.0 Å². The van der Waals surface area contributed by atoms with Gasteiger partial charge < -0.3 is 15.2 Å². The van der Waals surface area contributed by atoms with Crippen molar-refractivity contribution < 1.29 is 14.6 Å². The van der Waals surface area contributed by atoms with E-state index in [0.29, 0.717) is 18.4 Å². The molecule has 0 aromatic carbocycles. The summed E-state index contributed by atoms with van der Waals surface area (Å²) in [6.45, 7) is 6.40. The Morgan fingerprint density at radius 1 is 1.47 bits per heavy atom. The maximum atomic E-state index is 10.6. The molecule has 0 fully saturated rings. The summed E-state index contributed by atoms with van der Waals surface area (Å²) in [5.41, 5.74) is 1.84. The molecule has 1 atom stereocenters. The third-order valence-corrected chi connectivity index (χ3v) is 2.69. The number of aromatic nitrogens is 2. The standard InChI is InChI=1S/C13H21N3O3/c1-8(2)11-5-9(3)15-13(16-11)14-7-10(19-4)6-12(17)18/h5,8,10H,6-7H2,1-4H3,(H,17,18)(H,14,15,16). The van der Waals surface area contributed by atoms with E-state index >= 15 is 0 Å². The number of carbonyl (C=O) groups is 1. The van der Waals surface area contributed by atoms with Crippen LogP contribution in [-0.2, 0) is 9.53 Å². The first-order chi connectivity index (χ1) is 8.92. The lowest BCUT2D eigenvalue weighted by molar-refractivity contribution is -0.139. The number of carboxylic acids is 1. The maximum absolute atomic E-state index is 10.6. The second-order valence-electron chi connectivity index (χ2n) is 4.75. The fourth-order valence-corrected chi connectivity index (χ4v) is 1.61. The van der Waals surface area contributed by atoms with Crippen molar-refractivity contribution in [2.45, 2.75) is 39.2 Å². The van der Waals surface area contributed by atoms with Gasteiger partial charge in [-0.15, -0.1) is 0 Å². The molecule has 0 bridgehead atoms. The van der Waals surface area contributed by atoms with Crippen LogP contribution < -0.4 is 5.32 Å². The van der Waals surface area contributed by atoms with Gasteiger partial charge in [-0.1, -0.05) is 13.8 Å². The van der Waals surface area contributed by atoms with Crippen LogP contribution in [-0.4, -0.2) is 40.8 Å². The second kappa shape index (κ2) is 7.04. The number of hydrogen-bond acceptors (Lipinski definition) is 5. The normalized spacial score (nSPS) is 12.5. The number of aliphatic carboxylic acids is 1. The zero-order chi connectivity index (χ0) is 14.4. The summed E-state index contributed by atoms with van der Waals surface area (Å²) < 4.78 is 5.09. The predicted octanol–water partition coefficient (Wildman–Crippen LogP) is 1.81. The Morgan fingerprint density at radius 3 is 2.68 bits per heavy atom. The molecule has 1 heterocycles. The molecule has 0 saturated heterocycles. The Hall–Kier alpha value is -1.69. The highest BCUT2D eigenvalue weighted by atomic mass is 16.5. The molecule has 0 aliphatic rings. The van der Waals surface area contributed by atoms with Crippen LogP contribution in [0.15, 0.2) is 6.07 Å². The molecule has 2 N–H and O–H groups in total. The third kappa shape index (κ3) is 5.21. The van der Waals surface area contributed by atoms with Gasteiger partial charge in [0.2, 0.25) is 5.95 Å². The summed E-state index contributed by atoms with van der Waals surface area (Å²) in [6, 6.07) is 1.95. The molecule has 19 heavy (non-hydrogen) atoms. The van der Waals surface area contributed by atoms with Crippen LogP contribution in [0.1, 0.15) is 37.6 Å². The summed E-state index contributed by atoms with van der Waals surface area (Å²) in [4.78, 5) is 19.3. The van der Waals surface area contributed by atoms with E-state index in [-0.39, 0.29) is 6.42 Å². The fourth-order valence-electron chi connectivity index (χ4n) is 1.61. The second-order valence-corrected chi connectivity index (χ2v) is 4.75. The molecule has 0 aliphatic heterocycles. The molecule has 0 radical (unpaired) electrons. The van der Waals surface area contributed by atoms with Crippen molar-refractivity contribution in [3.63, 3.8) is 0 Å². The molecular formula is C13H21N3O3. The number of methoxy groups -OCH3 is 1. The lowest BCUT2D eigenvalue weighted by Gasteiger charge is -2.15.